The minimum atomic E-state index is -3.55. The number of rotatable bonds is 6. The fourth-order valence-electron chi connectivity index (χ4n) is 2.55. The van der Waals surface area contributed by atoms with Gasteiger partial charge < -0.3 is 15.3 Å². The van der Waals surface area contributed by atoms with Crippen LogP contribution in [-0.4, -0.2) is 41.5 Å². The molecule has 2 aromatic heterocycles. The van der Waals surface area contributed by atoms with E-state index in [1.165, 1.54) is 18.4 Å². The summed E-state index contributed by atoms with van der Waals surface area (Å²) >= 11 is 0.960. The van der Waals surface area contributed by atoms with Crippen molar-refractivity contribution in [1.29, 1.82) is 0 Å². The maximum atomic E-state index is 13.1. The SMILES string of the molecule is [2H]C([2H])([2H])C(C)n1c(=O)c(C(=O)NCCCN2C([2H])([2H])C([2H])([2H])C([2H])([2H])C([2H])([2H])C2([2H])[2H])c([O-])c2ccsc21.[K+]. The molecule has 1 unspecified atom stereocenters. The van der Waals surface area contributed by atoms with Crippen LogP contribution in [0, 0.1) is 0 Å². The smallest absolute Gasteiger partial charge is 0.871 e. The van der Waals surface area contributed by atoms with Crippen molar-refractivity contribution >= 4 is 27.5 Å². The summed E-state index contributed by atoms with van der Waals surface area (Å²) in [6.45, 7) is -9.06. The van der Waals surface area contributed by atoms with E-state index < -0.39 is 80.9 Å². The number of piperidine rings is 1. The van der Waals surface area contributed by atoms with Gasteiger partial charge in [-0.1, -0.05) is 12.1 Å². The average molecular weight is 429 g/mol. The zero-order chi connectivity index (χ0) is 30.1. The van der Waals surface area contributed by atoms with Gasteiger partial charge in [0, 0.05) is 35.8 Å². The third kappa shape index (κ3) is 5.23. The van der Waals surface area contributed by atoms with Gasteiger partial charge in [0.05, 0.1) is 5.56 Å². The van der Waals surface area contributed by atoms with Gasteiger partial charge in [0.15, 0.2) is 0 Å². The van der Waals surface area contributed by atoms with Crippen LogP contribution in [0.1, 0.15) is 73.5 Å². The molecule has 0 radical (unpaired) electrons. The van der Waals surface area contributed by atoms with E-state index in [9.17, 15) is 14.7 Å². The Labute approximate surface area is 224 Å². The minimum absolute atomic E-state index is 0. The molecule has 1 saturated heterocycles. The number of amides is 1. The summed E-state index contributed by atoms with van der Waals surface area (Å²) in [4.78, 5) is 26.3. The molecule has 1 aliphatic rings. The molecule has 0 aromatic carbocycles. The molecular weight excluding hydrogens is 389 g/mol. The molecule has 27 heavy (non-hydrogen) atoms. The number of likely N-dealkylation sites (tertiary alicyclic amines) is 1. The van der Waals surface area contributed by atoms with Crippen molar-refractivity contribution < 1.29 is 79.1 Å². The zero-order valence-electron chi connectivity index (χ0n) is 27.9. The summed E-state index contributed by atoms with van der Waals surface area (Å²) < 4.78 is 104. The topological polar surface area (TPSA) is 77.4 Å². The number of thiophene rings is 1. The Morgan fingerprint density at radius 1 is 1.44 bits per heavy atom. The number of carbonyl (C=O) groups excluding carboxylic acids is 1. The molecule has 2 aromatic rings. The van der Waals surface area contributed by atoms with E-state index in [0.29, 0.717) is 0 Å². The van der Waals surface area contributed by atoms with Gasteiger partial charge >= 0.3 is 51.4 Å². The van der Waals surface area contributed by atoms with E-state index >= 15 is 0 Å². The van der Waals surface area contributed by atoms with Gasteiger partial charge in [-0.15, -0.1) is 11.3 Å². The van der Waals surface area contributed by atoms with Crippen LogP contribution in [0.5, 0.6) is 5.75 Å². The first-order valence-electron chi connectivity index (χ1n) is 14.4. The monoisotopic (exact) mass is 428 g/mol. The van der Waals surface area contributed by atoms with Crippen molar-refractivity contribution in [2.24, 2.45) is 0 Å². The molecule has 6 nitrogen and oxygen atoms in total. The first-order valence-corrected chi connectivity index (χ1v) is 8.74. The van der Waals surface area contributed by atoms with Crippen molar-refractivity contribution in [3.8, 4) is 5.75 Å². The molecule has 0 saturated carbocycles. The number of fused-ring (bicyclic) bond motifs is 1. The Morgan fingerprint density at radius 2 is 2.19 bits per heavy atom. The van der Waals surface area contributed by atoms with E-state index in [1.54, 1.807) is 0 Å². The number of pyridine rings is 1. The van der Waals surface area contributed by atoms with Crippen molar-refractivity contribution in [3.05, 3.63) is 27.4 Å². The van der Waals surface area contributed by atoms with E-state index in [0.717, 1.165) is 15.9 Å². The fourth-order valence-corrected chi connectivity index (χ4v) is 3.52. The first-order chi connectivity index (χ1) is 17.5. The van der Waals surface area contributed by atoms with Gasteiger partial charge in [-0.25, -0.2) is 0 Å². The number of aromatic nitrogens is 1. The van der Waals surface area contributed by atoms with Gasteiger partial charge in [-0.2, -0.15) is 0 Å². The molecule has 1 amide bonds. The predicted octanol–water partition coefficient (Wildman–Crippen LogP) is -0.673. The normalized spacial score (nSPS) is 33.0. The second-order valence-corrected chi connectivity index (χ2v) is 6.45. The third-order valence-corrected chi connectivity index (χ3v) is 4.65. The molecule has 1 fully saturated rings. The molecule has 3 rings (SSSR count). The third-order valence-electron chi connectivity index (χ3n) is 3.73. The van der Waals surface area contributed by atoms with Gasteiger partial charge in [0.2, 0.25) is 0 Å². The molecule has 0 aliphatic carbocycles. The number of nitrogens with zero attached hydrogens (tertiary/aromatic N) is 2. The second-order valence-electron chi connectivity index (χ2n) is 5.55. The summed E-state index contributed by atoms with van der Waals surface area (Å²) in [7, 11) is 0. The molecular formula is C19H26KN3O3S. The molecule has 8 heteroatoms. The van der Waals surface area contributed by atoms with Crippen molar-refractivity contribution in [3.63, 3.8) is 0 Å². The van der Waals surface area contributed by atoms with Gasteiger partial charge in [0.25, 0.3) is 11.5 Å². The number of nitrogens with one attached hydrogen (secondary N) is 1. The number of hydrogen-bond donors (Lipinski definition) is 1. The van der Waals surface area contributed by atoms with Gasteiger partial charge in [0.1, 0.15) is 4.83 Å². The molecule has 0 spiro atoms. The summed E-state index contributed by atoms with van der Waals surface area (Å²) in [6.07, 6.45) is -10.8. The van der Waals surface area contributed by atoms with Gasteiger partial charge in [-0.3, -0.25) is 14.2 Å². The van der Waals surface area contributed by atoms with Crippen molar-refractivity contribution in [2.75, 3.05) is 26.1 Å². The Hall–Kier alpha value is -0.224. The van der Waals surface area contributed by atoms with E-state index in [-0.39, 0.29) is 72.9 Å². The van der Waals surface area contributed by atoms with Crippen LogP contribution in [0.4, 0.5) is 0 Å². The van der Waals surface area contributed by atoms with E-state index in [2.05, 4.69) is 5.32 Å². The Bertz CT molecular complexity index is 1310. The van der Waals surface area contributed by atoms with Crippen molar-refractivity contribution in [1.82, 2.24) is 14.8 Å². The number of hydrogen-bond acceptors (Lipinski definition) is 5. The van der Waals surface area contributed by atoms with Crippen LogP contribution in [-0.2, 0) is 0 Å². The predicted molar refractivity (Wildman–Crippen MR) is 103 cm³/mol. The Kier molecular flexibility index (Phi) is 4.17. The summed E-state index contributed by atoms with van der Waals surface area (Å²) in [5.41, 5.74) is -1.97. The first kappa shape index (κ1) is 10.7. The quantitative estimate of drug-likeness (QED) is 0.489. The van der Waals surface area contributed by atoms with Gasteiger partial charge in [-0.05, 0) is 63.9 Å². The standard InChI is InChI=1S/C19H27N3O3S.K/c1-13(2)22-18(25)15(16(23)14-7-12-26-19(14)22)17(24)20-8-6-11-21-9-4-3-5-10-21;/h7,12-13,23H,3-6,8-11H2,1-2H3,(H,20,24);/q;+1/p-1/i1D3,3D2,4D2,5D2,9D2,10D2;. The van der Waals surface area contributed by atoms with E-state index in [4.69, 9.17) is 17.8 Å². The summed E-state index contributed by atoms with van der Waals surface area (Å²) in [6, 6.07) is -0.0179. The molecule has 142 valence electrons. The minimum Gasteiger partial charge on any atom is -0.871 e. The summed E-state index contributed by atoms with van der Waals surface area (Å²) in [5.74, 6) is -2.08. The maximum absolute atomic E-state index is 13.1. The largest absolute Gasteiger partial charge is 1.00 e. The molecule has 1 atom stereocenters. The second kappa shape index (κ2) is 10.5. The maximum Gasteiger partial charge on any atom is 1.00 e. The fraction of sp³-hybridized carbons (Fsp3) is 0.579. The molecule has 3 heterocycles. The van der Waals surface area contributed by atoms with Crippen LogP contribution in [0.15, 0.2) is 16.2 Å². The Balaban J connectivity index is 0.00000560. The average Bonchev–Trinajstić information content (AvgIpc) is 3.26. The van der Waals surface area contributed by atoms with Crippen LogP contribution < -0.4 is 67.4 Å². The zero-order valence-corrected chi connectivity index (χ0v) is 18.8. The number of carbonyl (C=O) groups is 1. The van der Waals surface area contributed by atoms with Crippen LogP contribution in [0.25, 0.3) is 10.2 Å². The van der Waals surface area contributed by atoms with Crippen LogP contribution in [0.2, 0.25) is 0 Å². The molecule has 1 aliphatic heterocycles. The molecule has 1 N–H and O–H groups in total. The summed E-state index contributed by atoms with van der Waals surface area (Å²) in [5, 5.41) is 16.6. The van der Waals surface area contributed by atoms with Crippen LogP contribution >= 0.6 is 11.3 Å². The molecule has 0 bridgehead atoms. The Morgan fingerprint density at radius 3 is 2.89 bits per heavy atom. The van der Waals surface area contributed by atoms with Crippen LogP contribution in [0.3, 0.4) is 0 Å². The van der Waals surface area contributed by atoms with E-state index in [1.807, 2.05) is 0 Å². The van der Waals surface area contributed by atoms with Crippen molar-refractivity contribution in [2.45, 2.75) is 45.4 Å².